The fourth-order valence-electron chi connectivity index (χ4n) is 1.71. The summed E-state index contributed by atoms with van der Waals surface area (Å²) in [6.07, 6.45) is -8.46. The van der Waals surface area contributed by atoms with Crippen LogP contribution in [0.5, 0.6) is 0 Å². The van der Waals surface area contributed by atoms with Crippen molar-refractivity contribution in [2.24, 2.45) is 0 Å². The van der Waals surface area contributed by atoms with Gasteiger partial charge in [-0.1, -0.05) is 0 Å². The lowest BCUT2D eigenvalue weighted by molar-refractivity contribution is -0.283. The fraction of sp³-hybridized carbons (Fsp3) is 1.00. The Balaban J connectivity index is 2.85. The van der Waals surface area contributed by atoms with E-state index in [2.05, 4.69) is 8.37 Å². The van der Waals surface area contributed by atoms with Gasteiger partial charge in [-0.3, -0.25) is 9.11 Å². The van der Waals surface area contributed by atoms with E-state index in [1.807, 2.05) is 0 Å². The zero-order valence-electron chi connectivity index (χ0n) is 10.5. The van der Waals surface area contributed by atoms with Crippen LogP contribution in [0.25, 0.3) is 0 Å². The Labute approximate surface area is 120 Å². The molecule has 0 aromatic rings. The van der Waals surface area contributed by atoms with Gasteiger partial charge in [0, 0.05) is 7.11 Å². The average Bonchev–Trinajstić information content (AvgIpc) is 2.29. The molecule has 1 aliphatic rings. The van der Waals surface area contributed by atoms with E-state index in [1.54, 1.807) is 0 Å². The lowest BCUT2D eigenvalue weighted by Crippen LogP contribution is -2.60. The largest absolute Gasteiger partial charge is 0.397 e. The molecule has 126 valence electrons. The Kier molecular flexibility index (Phi) is 6.01. The molecule has 0 amide bonds. The smallest absolute Gasteiger partial charge is 0.387 e. The second kappa shape index (κ2) is 6.78. The minimum absolute atomic E-state index is 0.879. The summed E-state index contributed by atoms with van der Waals surface area (Å²) in [6.45, 7) is -0.879. The number of rotatable bonds is 6. The third-order valence-electron chi connectivity index (χ3n) is 2.52. The molecule has 0 aromatic carbocycles. The Morgan fingerprint density at radius 2 is 1.62 bits per heavy atom. The summed E-state index contributed by atoms with van der Waals surface area (Å²) < 4.78 is 76.7. The standard InChI is InChI=1S/C7H14O12S2/c1-16-5-4(8)3(2-17-20(10,11)12)18-7(9)6(5)19-21(13,14)15/h3-9H,2H2,1H3,(H,10,11,12)(H,13,14,15)/t3-,4-,5+,6-,7+/m1/s1. The highest BCUT2D eigenvalue weighted by molar-refractivity contribution is 7.81. The zero-order valence-corrected chi connectivity index (χ0v) is 12.1. The second-order valence-electron chi connectivity index (χ2n) is 3.96. The minimum Gasteiger partial charge on any atom is -0.387 e. The molecule has 12 nitrogen and oxygen atoms in total. The molecule has 5 atom stereocenters. The maximum absolute atomic E-state index is 10.6. The van der Waals surface area contributed by atoms with Gasteiger partial charge in [-0.15, -0.1) is 0 Å². The van der Waals surface area contributed by atoms with Crippen LogP contribution in [0.4, 0.5) is 0 Å². The molecule has 0 radical (unpaired) electrons. The van der Waals surface area contributed by atoms with Crippen molar-refractivity contribution in [2.75, 3.05) is 13.7 Å². The first-order chi connectivity index (χ1) is 9.44. The predicted octanol–water partition coefficient (Wildman–Crippen LogP) is -2.91. The first-order valence-corrected chi connectivity index (χ1v) is 7.99. The van der Waals surface area contributed by atoms with E-state index < -0.39 is 58.1 Å². The van der Waals surface area contributed by atoms with Crippen molar-refractivity contribution >= 4 is 20.8 Å². The summed E-state index contributed by atoms with van der Waals surface area (Å²) >= 11 is 0. The highest BCUT2D eigenvalue weighted by Crippen LogP contribution is 2.25. The van der Waals surface area contributed by atoms with Crippen LogP contribution in [-0.2, 0) is 38.6 Å². The quantitative estimate of drug-likeness (QED) is 0.357. The van der Waals surface area contributed by atoms with E-state index >= 15 is 0 Å². The first kappa shape index (κ1) is 18.6. The normalized spacial score (nSPS) is 34.8. The summed E-state index contributed by atoms with van der Waals surface area (Å²) in [7, 11) is -8.75. The highest BCUT2D eigenvalue weighted by atomic mass is 32.3. The van der Waals surface area contributed by atoms with Crippen LogP contribution >= 0.6 is 0 Å². The summed E-state index contributed by atoms with van der Waals surface area (Å²) in [5.41, 5.74) is 0. The monoisotopic (exact) mass is 354 g/mol. The molecule has 1 aliphatic heterocycles. The maximum Gasteiger partial charge on any atom is 0.397 e. The molecule has 0 bridgehead atoms. The van der Waals surface area contributed by atoms with Gasteiger partial charge in [-0.2, -0.15) is 16.8 Å². The molecule has 21 heavy (non-hydrogen) atoms. The Hall–Kier alpha value is -0.420. The third-order valence-corrected chi connectivity index (χ3v) is 3.42. The van der Waals surface area contributed by atoms with Crippen LogP contribution in [-0.4, -0.2) is 80.6 Å². The molecule has 0 aromatic heterocycles. The number of ether oxygens (including phenoxy) is 2. The van der Waals surface area contributed by atoms with Gasteiger partial charge in [0.1, 0.15) is 18.3 Å². The second-order valence-corrected chi connectivity index (χ2v) is 6.10. The van der Waals surface area contributed by atoms with Crippen LogP contribution < -0.4 is 0 Å². The summed E-state index contributed by atoms with van der Waals surface area (Å²) in [4.78, 5) is 0. The topological polar surface area (TPSA) is 186 Å². The molecule has 1 rings (SSSR count). The number of aliphatic hydroxyl groups excluding tert-OH is 2. The van der Waals surface area contributed by atoms with E-state index in [0.29, 0.717) is 0 Å². The van der Waals surface area contributed by atoms with Crippen molar-refractivity contribution in [2.45, 2.75) is 30.7 Å². The van der Waals surface area contributed by atoms with E-state index in [0.717, 1.165) is 7.11 Å². The SMILES string of the molecule is CO[C@H]1[C@H](O)[C@@H](COS(=O)(=O)O)O[C@H](O)[C@@H]1OS(=O)(=O)O. The van der Waals surface area contributed by atoms with Crippen molar-refractivity contribution in [3.63, 3.8) is 0 Å². The summed E-state index contributed by atoms with van der Waals surface area (Å²) in [5.74, 6) is 0. The number of hydrogen-bond acceptors (Lipinski definition) is 10. The molecule has 0 spiro atoms. The highest BCUT2D eigenvalue weighted by Gasteiger charge is 2.48. The molecule has 1 heterocycles. The fourth-order valence-corrected chi connectivity index (χ4v) is 2.50. The number of methoxy groups -OCH3 is 1. The maximum atomic E-state index is 10.6. The zero-order chi connectivity index (χ0) is 16.4. The van der Waals surface area contributed by atoms with E-state index in [9.17, 15) is 27.0 Å². The van der Waals surface area contributed by atoms with Gasteiger partial charge in [-0.25, -0.2) is 8.37 Å². The van der Waals surface area contributed by atoms with Gasteiger partial charge < -0.3 is 19.7 Å². The Bertz CT molecular complexity index is 540. The van der Waals surface area contributed by atoms with Gasteiger partial charge in [-0.05, 0) is 0 Å². The Morgan fingerprint density at radius 1 is 1.05 bits per heavy atom. The molecule has 14 heteroatoms. The molecular formula is C7H14O12S2. The van der Waals surface area contributed by atoms with Gasteiger partial charge in [0.05, 0.1) is 6.61 Å². The molecule has 1 fully saturated rings. The number of hydrogen-bond donors (Lipinski definition) is 4. The van der Waals surface area contributed by atoms with Gasteiger partial charge in [0.25, 0.3) is 0 Å². The lowest BCUT2D eigenvalue weighted by Gasteiger charge is -2.40. The summed E-state index contributed by atoms with van der Waals surface area (Å²) in [5, 5.41) is 19.4. The van der Waals surface area contributed by atoms with Gasteiger partial charge in [0.15, 0.2) is 12.4 Å². The van der Waals surface area contributed by atoms with Crippen molar-refractivity contribution in [3.05, 3.63) is 0 Å². The minimum atomic E-state index is -4.97. The van der Waals surface area contributed by atoms with E-state index in [1.165, 1.54) is 0 Å². The van der Waals surface area contributed by atoms with Crippen molar-refractivity contribution in [1.82, 2.24) is 0 Å². The first-order valence-electron chi connectivity index (χ1n) is 5.26. The lowest BCUT2D eigenvalue weighted by atomic mass is 9.99. The molecule has 4 N–H and O–H groups in total. The third kappa shape index (κ3) is 5.70. The van der Waals surface area contributed by atoms with Gasteiger partial charge in [0.2, 0.25) is 0 Å². The molecule has 0 aliphatic carbocycles. The molecular weight excluding hydrogens is 340 g/mol. The average molecular weight is 354 g/mol. The van der Waals surface area contributed by atoms with Crippen LogP contribution in [0.1, 0.15) is 0 Å². The van der Waals surface area contributed by atoms with Crippen molar-refractivity contribution in [1.29, 1.82) is 0 Å². The van der Waals surface area contributed by atoms with Crippen molar-refractivity contribution in [3.8, 4) is 0 Å². The summed E-state index contributed by atoms with van der Waals surface area (Å²) in [6, 6.07) is 0. The van der Waals surface area contributed by atoms with Crippen molar-refractivity contribution < 1.29 is 54.0 Å². The van der Waals surface area contributed by atoms with Gasteiger partial charge >= 0.3 is 20.8 Å². The molecule has 1 saturated heterocycles. The van der Waals surface area contributed by atoms with Crippen LogP contribution in [0, 0.1) is 0 Å². The predicted molar refractivity (Wildman–Crippen MR) is 61.6 cm³/mol. The van der Waals surface area contributed by atoms with E-state index in [-0.39, 0.29) is 0 Å². The molecule has 0 unspecified atom stereocenters. The Morgan fingerprint density at radius 3 is 2.05 bits per heavy atom. The van der Waals surface area contributed by atoms with Crippen LogP contribution in [0.3, 0.4) is 0 Å². The van der Waals surface area contributed by atoms with Crippen LogP contribution in [0.15, 0.2) is 0 Å². The number of aliphatic hydroxyl groups is 2. The van der Waals surface area contributed by atoms with Crippen LogP contribution in [0.2, 0.25) is 0 Å². The molecule has 0 saturated carbocycles. The van der Waals surface area contributed by atoms with E-state index in [4.69, 9.17) is 18.6 Å².